The number of halogens is 1. The van der Waals surface area contributed by atoms with Gasteiger partial charge in [-0.15, -0.1) is 11.6 Å². The lowest BCUT2D eigenvalue weighted by atomic mass is 9.88. The summed E-state index contributed by atoms with van der Waals surface area (Å²) >= 11 is 5.73. The number of alkyl halides is 1. The number of nitrogens with one attached hydrogen (secondary N) is 1. The molecule has 0 radical (unpaired) electrons. The molecule has 0 saturated heterocycles. The first kappa shape index (κ1) is 12.8. The molecule has 0 aromatic carbocycles. The van der Waals surface area contributed by atoms with E-state index in [1.165, 1.54) is 19.3 Å². The molecule has 1 aliphatic carbocycles. The van der Waals surface area contributed by atoms with Crippen molar-refractivity contribution in [1.29, 1.82) is 0 Å². The van der Waals surface area contributed by atoms with Crippen LogP contribution in [0.1, 0.15) is 32.1 Å². The van der Waals surface area contributed by atoms with Crippen LogP contribution in [0.15, 0.2) is 0 Å². The Labute approximate surface area is 96.5 Å². The zero-order valence-electron chi connectivity index (χ0n) is 9.30. The molecule has 1 unspecified atom stereocenters. The Hall–Kier alpha value is -0.280. The zero-order valence-corrected chi connectivity index (χ0v) is 10.1. The molecule has 0 heterocycles. The minimum absolute atomic E-state index is 0.0499. The average Bonchev–Trinajstić information content (AvgIpc) is 2.29. The number of hydrogen-bond donors (Lipinski definition) is 1. The second kappa shape index (κ2) is 7.07. The number of hydrogen-bond acceptors (Lipinski definition) is 2. The van der Waals surface area contributed by atoms with Crippen LogP contribution in [0.5, 0.6) is 0 Å². The van der Waals surface area contributed by atoms with Crippen LogP contribution >= 0.6 is 11.6 Å². The lowest BCUT2D eigenvalue weighted by molar-refractivity contribution is -0.126. The fourth-order valence-corrected chi connectivity index (χ4v) is 2.18. The molecule has 1 atom stereocenters. The molecule has 4 heteroatoms. The van der Waals surface area contributed by atoms with Gasteiger partial charge in [0.05, 0.1) is 12.6 Å². The summed E-state index contributed by atoms with van der Waals surface area (Å²) in [7, 11) is 1.62. The fraction of sp³-hybridized carbons (Fsp3) is 0.909. The molecule has 1 amide bonds. The molecular weight excluding hydrogens is 214 g/mol. The molecule has 1 rings (SSSR count). The second-order valence-corrected chi connectivity index (χ2v) is 4.46. The summed E-state index contributed by atoms with van der Waals surface area (Å²) < 4.78 is 4.98. The summed E-state index contributed by atoms with van der Waals surface area (Å²) in [6.07, 6.45) is 5.66. The Kier molecular flexibility index (Phi) is 6.03. The summed E-state index contributed by atoms with van der Waals surface area (Å²) in [6, 6.07) is -0.0499. The van der Waals surface area contributed by atoms with Crippen LogP contribution in [0.25, 0.3) is 0 Å². The van der Waals surface area contributed by atoms with E-state index in [9.17, 15) is 4.79 Å². The summed E-state index contributed by atoms with van der Waals surface area (Å²) in [6.45, 7) is 0.488. The van der Waals surface area contributed by atoms with Gasteiger partial charge in [0.1, 0.15) is 0 Å². The molecular formula is C11H20ClNO2. The number of ether oxygens (including phenoxy) is 1. The van der Waals surface area contributed by atoms with Crippen molar-refractivity contribution in [2.24, 2.45) is 5.92 Å². The van der Waals surface area contributed by atoms with E-state index in [-0.39, 0.29) is 17.9 Å². The van der Waals surface area contributed by atoms with Gasteiger partial charge >= 0.3 is 0 Å². The van der Waals surface area contributed by atoms with E-state index in [4.69, 9.17) is 16.3 Å². The van der Waals surface area contributed by atoms with Gasteiger partial charge in [-0.05, 0) is 12.8 Å². The number of carbonyl (C=O) groups is 1. The van der Waals surface area contributed by atoms with Gasteiger partial charge in [0.2, 0.25) is 5.91 Å². The zero-order chi connectivity index (χ0) is 11.1. The van der Waals surface area contributed by atoms with Gasteiger partial charge in [-0.1, -0.05) is 19.3 Å². The summed E-state index contributed by atoms with van der Waals surface area (Å²) in [5.41, 5.74) is 0. The lowest BCUT2D eigenvalue weighted by Crippen LogP contribution is -2.43. The highest BCUT2D eigenvalue weighted by Gasteiger charge is 2.22. The molecule has 15 heavy (non-hydrogen) atoms. The van der Waals surface area contributed by atoms with Crippen molar-refractivity contribution < 1.29 is 9.53 Å². The van der Waals surface area contributed by atoms with Crippen LogP contribution in [0.4, 0.5) is 0 Å². The van der Waals surface area contributed by atoms with E-state index in [1.807, 2.05) is 0 Å². The average molecular weight is 234 g/mol. The molecule has 88 valence electrons. The molecule has 0 aromatic rings. The Morgan fingerprint density at radius 3 is 2.67 bits per heavy atom. The topological polar surface area (TPSA) is 38.3 Å². The lowest BCUT2D eigenvalue weighted by Gasteiger charge is -2.23. The number of amides is 1. The Morgan fingerprint density at radius 2 is 2.13 bits per heavy atom. The van der Waals surface area contributed by atoms with E-state index in [1.54, 1.807) is 7.11 Å². The van der Waals surface area contributed by atoms with Crippen LogP contribution in [0, 0.1) is 5.92 Å². The quantitative estimate of drug-likeness (QED) is 0.737. The first-order chi connectivity index (χ1) is 7.27. The predicted octanol–water partition coefficient (Wildman–Crippen LogP) is 1.94. The van der Waals surface area contributed by atoms with Crippen LogP contribution in [-0.2, 0) is 9.53 Å². The normalized spacial score (nSPS) is 19.9. The monoisotopic (exact) mass is 233 g/mol. The highest BCUT2D eigenvalue weighted by molar-refractivity contribution is 6.18. The van der Waals surface area contributed by atoms with Crippen molar-refractivity contribution in [3.8, 4) is 0 Å². The maximum atomic E-state index is 11.8. The molecule has 0 spiro atoms. The third-order valence-electron chi connectivity index (χ3n) is 2.88. The summed E-state index contributed by atoms with van der Waals surface area (Å²) in [5, 5.41) is 2.94. The smallest absolute Gasteiger partial charge is 0.223 e. The Morgan fingerprint density at radius 1 is 1.47 bits per heavy atom. The maximum Gasteiger partial charge on any atom is 0.223 e. The van der Waals surface area contributed by atoms with Crippen molar-refractivity contribution in [2.45, 2.75) is 38.1 Å². The highest BCUT2D eigenvalue weighted by atomic mass is 35.5. The second-order valence-electron chi connectivity index (χ2n) is 4.15. The van der Waals surface area contributed by atoms with Crippen LogP contribution in [0.3, 0.4) is 0 Å². The van der Waals surface area contributed by atoms with Crippen LogP contribution < -0.4 is 5.32 Å². The van der Waals surface area contributed by atoms with E-state index < -0.39 is 0 Å². The SMILES string of the molecule is COCC(CCl)NC(=O)C1CCCCC1. The molecule has 1 N–H and O–H groups in total. The van der Waals surface area contributed by atoms with Gasteiger partial charge in [0.25, 0.3) is 0 Å². The fourth-order valence-electron chi connectivity index (χ4n) is 2.01. The Bertz CT molecular complexity index is 193. The summed E-state index contributed by atoms with van der Waals surface area (Å²) in [4.78, 5) is 11.8. The first-order valence-electron chi connectivity index (χ1n) is 5.63. The number of carbonyl (C=O) groups excluding carboxylic acids is 1. The van der Waals surface area contributed by atoms with Crippen molar-refractivity contribution in [3.63, 3.8) is 0 Å². The molecule has 0 aromatic heterocycles. The minimum Gasteiger partial charge on any atom is -0.383 e. The van der Waals surface area contributed by atoms with Gasteiger partial charge in [0.15, 0.2) is 0 Å². The third-order valence-corrected chi connectivity index (χ3v) is 3.25. The molecule has 3 nitrogen and oxygen atoms in total. The van der Waals surface area contributed by atoms with Crippen LogP contribution in [-0.4, -0.2) is 31.5 Å². The van der Waals surface area contributed by atoms with E-state index in [0.29, 0.717) is 12.5 Å². The van der Waals surface area contributed by atoms with Gasteiger partial charge in [-0.3, -0.25) is 4.79 Å². The Balaban J connectivity index is 2.31. The van der Waals surface area contributed by atoms with E-state index in [2.05, 4.69) is 5.32 Å². The van der Waals surface area contributed by atoms with Crippen molar-refractivity contribution >= 4 is 17.5 Å². The minimum atomic E-state index is -0.0499. The largest absolute Gasteiger partial charge is 0.383 e. The van der Waals surface area contributed by atoms with Gasteiger partial charge < -0.3 is 10.1 Å². The highest BCUT2D eigenvalue weighted by Crippen LogP contribution is 2.23. The number of rotatable bonds is 5. The van der Waals surface area contributed by atoms with E-state index >= 15 is 0 Å². The van der Waals surface area contributed by atoms with Crippen molar-refractivity contribution in [3.05, 3.63) is 0 Å². The van der Waals surface area contributed by atoms with Gasteiger partial charge in [0, 0.05) is 18.9 Å². The van der Waals surface area contributed by atoms with Crippen molar-refractivity contribution in [2.75, 3.05) is 19.6 Å². The molecule has 0 aliphatic heterocycles. The third kappa shape index (κ3) is 4.39. The maximum absolute atomic E-state index is 11.8. The summed E-state index contributed by atoms with van der Waals surface area (Å²) in [5.74, 6) is 0.755. The predicted molar refractivity (Wildman–Crippen MR) is 61.1 cm³/mol. The van der Waals surface area contributed by atoms with E-state index in [0.717, 1.165) is 12.8 Å². The van der Waals surface area contributed by atoms with Gasteiger partial charge in [-0.2, -0.15) is 0 Å². The van der Waals surface area contributed by atoms with Crippen LogP contribution in [0.2, 0.25) is 0 Å². The number of methoxy groups -OCH3 is 1. The molecule has 0 bridgehead atoms. The molecule has 1 aliphatic rings. The molecule has 1 saturated carbocycles. The standard InChI is InChI=1S/C11H20ClNO2/c1-15-8-10(7-12)13-11(14)9-5-3-2-4-6-9/h9-10H,2-8H2,1H3,(H,13,14). The molecule has 1 fully saturated rings. The van der Waals surface area contributed by atoms with Gasteiger partial charge in [-0.25, -0.2) is 0 Å². The first-order valence-corrected chi connectivity index (χ1v) is 6.16. The van der Waals surface area contributed by atoms with Crippen molar-refractivity contribution in [1.82, 2.24) is 5.32 Å².